The highest BCUT2D eigenvalue weighted by Gasteiger charge is 2.29. The zero-order valence-corrected chi connectivity index (χ0v) is 13.8. The molecule has 134 valence electrons. The Morgan fingerprint density at radius 2 is 1.60 bits per heavy atom. The van der Waals surface area contributed by atoms with Crippen LogP contribution in [0, 0.1) is 0 Å². The zero-order valence-electron chi connectivity index (χ0n) is 13.8. The highest BCUT2D eigenvalue weighted by molar-refractivity contribution is 5.90. The van der Waals surface area contributed by atoms with Crippen LogP contribution in [0.15, 0.2) is 54.6 Å². The molecule has 2 aromatic rings. The molecule has 2 aromatic carbocycles. The molecule has 0 aliphatic rings. The molecule has 0 aliphatic carbocycles. The van der Waals surface area contributed by atoms with Crippen molar-refractivity contribution in [1.29, 1.82) is 0 Å². The number of carbonyl (C=O) groups excluding carboxylic acids is 1. The molecule has 2 N–H and O–H groups in total. The Morgan fingerprint density at radius 1 is 0.920 bits per heavy atom. The van der Waals surface area contributed by atoms with Gasteiger partial charge in [-0.2, -0.15) is 13.2 Å². The summed E-state index contributed by atoms with van der Waals surface area (Å²) in [7, 11) is 0. The number of anilines is 1. The van der Waals surface area contributed by atoms with E-state index in [2.05, 4.69) is 22.8 Å². The van der Waals surface area contributed by atoms with Gasteiger partial charge < -0.3 is 10.6 Å². The molecular weight excluding hydrogens is 329 g/mol. The van der Waals surface area contributed by atoms with Crippen LogP contribution in [0.4, 0.5) is 18.9 Å². The third-order valence-electron chi connectivity index (χ3n) is 3.69. The molecule has 0 atom stereocenters. The SMILES string of the molecule is O=C(CCNCCCc1ccccc1)Nc1ccc(C(F)(F)F)cc1. The lowest BCUT2D eigenvalue weighted by Crippen LogP contribution is -2.23. The Bertz CT molecular complexity index is 655. The van der Waals surface area contributed by atoms with Gasteiger partial charge in [-0.05, 0) is 49.2 Å². The van der Waals surface area contributed by atoms with E-state index in [-0.39, 0.29) is 12.3 Å². The van der Waals surface area contributed by atoms with Gasteiger partial charge in [-0.25, -0.2) is 0 Å². The van der Waals surface area contributed by atoms with Gasteiger partial charge in [0.15, 0.2) is 0 Å². The first-order valence-corrected chi connectivity index (χ1v) is 8.17. The van der Waals surface area contributed by atoms with Crippen molar-refractivity contribution in [2.45, 2.75) is 25.4 Å². The molecular formula is C19H21F3N2O. The van der Waals surface area contributed by atoms with Crippen LogP contribution in [0.3, 0.4) is 0 Å². The second-order valence-electron chi connectivity index (χ2n) is 5.71. The maximum Gasteiger partial charge on any atom is 0.416 e. The highest BCUT2D eigenvalue weighted by Crippen LogP contribution is 2.29. The second-order valence-corrected chi connectivity index (χ2v) is 5.71. The van der Waals surface area contributed by atoms with Crippen molar-refractivity contribution in [3.63, 3.8) is 0 Å². The molecule has 0 aliphatic heterocycles. The number of aryl methyl sites for hydroxylation is 1. The quantitative estimate of drug-likeness (QED) is 0.699. The van der Waals surface area contributed by atoms with Gasteiger partial charge >= 0.3 is 6.18 Å². The first-order valence-electron chi connectivity index (χ1n) is 8.17. The third kappa shape index (κ3) is 6.97. The fourth-order valence-electron chi connectivity index (χ4n) is 2.36. The maximum atomic E-state index is 12.5. The predicted octanol–water partition coefficient (Wildman–Crippen LogP) is 4.26. The number of alkyl halides is 3. The molecule has 1 amide bonds. The number of halogens is 3. The number of amides is 1. The molecule has 2 rings (SSSR count). The van der Waals surface area contributed by atoms with E-state index in [1.165, 1.54) is 17.7 Å². The van der Waals surface area contributed by atoms with E-state index in [1.54, 1.807) is 0 Å². The number of nitrogens with one attached hydrogen (secondary N) is 2. The Balaban J connectivity index is 1.61. The fourth-order valence-corrected chi connectivity index (χ4v) is 2.36. The van der Waals surface area contributed by atoms with E-state index in [1.807, 2.05) is 18.2 Å². The molecule has 0 fully saturated rings. The molecule has 0 spiro atoms. The van der Waals surface area contributed by atoms with Gasteiger partial charge in [0.2, 0.25) is 5.91 Å². The van der Waals surface area contributed by atoms with Crippen molar-refractivity contribution in [2.24, 2.45) is 0 Å². The minimum absolute atomic E-state index is 0.227. The summed E-state index contributed by atoms with van der Waals surface area (Å²) in [6.45, 7) is 1.34. The summed E-state index contributed by atoms with van der Waals surface area (Å²) in [6, 6.07) is 14.6. The van der Waals surface area contributed by atoms with E-state index in [0.717, 1.165) is 31.5 Å². The van der Waals surface area contributed by atoms with Crippen LogP contribution in [0.5, 0.6) is 0 Å². The predicted molar refractivity (Wildman–Crippen MR) is 92.3 cm³/mol. The molecule has 0 aromatic heterocycles. The highest BCUT2D eigenvalue weighted by atomic mass is 19.4. The number of benzene rings is 2. The van der Waals surface area contributed by atoms with Crippen LogP contribution in [0.2, 0.25) is 0 Å². The molecule has 3 nitrogen and oxygen atoms in total. The Kier molecular flexibility index (Phi) is 7.01. The Hall–Kier alpha value is -2.34. The molecule has 0 saturated heterocycles. The van der Waals surface area contributed by atoms with Crippen LogP contribution in [-0.2, 0) is 17.4 Å². The summed E-state index contributed by atoms with van der Waals surface area (Å²) < 4.78 is 37.4. The first-order chi connectivity index (χ1) is 11.9. The average Bonchev–Trinajstić information content (AvgIpc) is 2.58. The van der Waals surface area contributed by atoms with Crippen LogP contribution in [0.1, 0.15) is 24.0 Å². The van der Waals surface area contributed by atoms with Crippen LogP contribution < -0.4 is 10.6 Å². The fraction of sp³-hybridized carbons (Fsp3) is 0.316. The second kappa shape index (κ2) is 9.22. The molecule has 0 unspecified atom stereocenters. The van der Waals surface area contributed by atoms with Crippen LogP contribution in [0.25, 0.3) is 0 Å². The lowest BCUT2D eigenvalue weighted by molar-refractivity contribution is -0.137. The Labute approximate surface area is 145 Å². The first kappa shape index (κ1) is 19.0. The van der Waals surface area contributed by atoms with Gasteiger partial charge in [-0.1, -0.05) is 30.3 Å². The molecule has 25 heavy (non-hydrogen) atoms. The van der Waals surface area contributed by atoms with Gasteiger partial charge in [0.1, 0.15) is 0 Å². The molecule has 6 heteroatoms. The van der Waals surface area contributed by atoms with E-state index in [4.69, 9.17) is 0 Å². The molecule has 0 bridgehead atoms. The summed E-state index contributed by atoms with van der Waals surface area (Å²) in [4.78, 5) is 11.8. The third-order valence-corrected chi connectivity index (χ3v) is 3.69. The normalized spacial score (nSPS) is 11.3. The van der Waals surface area contributed by atoms with Crippen molar-refractivity contribution in [3.8, 4) is 0 Å². The number of hydrogen-bond donors (Lipinski definition) is 2. The summed E-state index contributed by atoms with van der Waals surface area (Å²) in [6.07, 6.45) is -2.14. The topological polar surface area (TPSA) is 41.1 Å². The minimum Gasteiger partial charge on any atom is -0.326 e. The summed E-state index contributed by atoms with van der Waals surface area (Å²) >= 11 is 0. The van der Waals surface area contributed by atoms with Crippen molar-refractivity contribution in [3.05, 3.63) is 65.7 Å². The van der Waals surface area contributed by atoms with E-state index in [0.29, 0.717) is 12.2 Å². The Morgan fingerprint density at radius 3 is 2.24 bits per heavy atom. The van der Waals surface area contributed by atoms with E-state index in [9.17, 15) is 18.0 Å². The molecule has 0 saturated carbocycles. The molecule has 0 heterocycles. The van der Waals surface area contributed by atoms with Gasteiger partial charge in [0, 0.05) is 18.7 Å². The van der Waals surface area contributed by atoms with E-state index < -0.39 is 11.7 Å². The monoisotopic (exact) mass is 350 g/mol. The van der Waals surface area contributed by atoms with Gasteiger partial charge in [0.25, 0.3) is 0 Å². The zero-order chi connectivity index (χ0) is 18.1. The van der Waals surface area contributed by atoms with Gasteiger partial charge in [-0.3, -0.25) is 4.79 Å². The van der Waals surface area contributed by atoms with Crippen molar-refractivity contribution >= 4 is 11.6 Å². The minimum atomic E-state index is -4.37. The lowest BCUT2D eigenvalue weighted by Gasteiger charge is -2.09. The molecule has 0 radical (unpaired) electrons. The van der Waals surface area contributed by atoms with Gasteiger partial charge in [-0.15, -0.1) is 0 Å². The van der Waals surface area contributed by atoms with Crippen molar-refractivity contribution in [1.82, 2.24) is 5.32 Å². The van der Waals surface area contributed by atoms with Crippen LogP contribution in [-0.4, -0.2) is 19.0 Å². The lowest BCUT2D eigenvalue weighted by atomic mass is 10.1. The van der Waals surface area contributed by atoms with Crippen molar-refractivity contribution < 1.29 is 18.0 Å². The number of rotatable bonds is 8. The number of carbonyl (C=O) groups is 1. The van der Waals surface area contributed by atoms with Crippen LogP contribution >= 0.6 is 0 Å². The summed E-state index contributed by atoms with van der Waals surface area (Å²) in [5.41, 5.74) is 0.914. The largest absolute Gasteiger partial charge is 0.416 e. The smallest absolute Gasteiger partial charge is 0.326 e. The maximum absolute atomic E-state index is 12.5. The summed E-state index contributed by atoms with van der Waals surface area (Å²) in [5, 5.41) is 5.78. The summed E-state index contributed by atoms with van der Waals surface area (Å²) in [5.74, 6) is -0.227. The van der Waals surface area contributed by atoms with Gasteiger partial charge in [0.05, 0.1) is 5.56 Å². The standard InChI is InChI=1S/C19H21F3N2O/c20-19(21,22)16-8-10-17(11-9-16)24-18(25)12-14-23-13-4-7-15-5-2-1-3-6-15/h1-3,5-6,8-11,23H,4,7,12-14H2,(H,24,25). The van der Waals surface area contributed by atoms with E-state index >= 15 is 0 Å². The average molecular weight is 350 g/mol. The van der Waals surface area contributed by atoms with Crippen molar-refractivity contribution in [2.75, 3.05) is 18.4 Å². The number of hydrogen-bond acceptors (Lipinski definition) is 2.